The van der Waals surface area contributed by atoms with E-state index in [-0.39, 0.29) is 11.0 Å². The summed E-state index contributed by atoms with van der Waals surface area (Å²) in [7, 11) is 3.73. The third-order valence-electron chi connectivity index (χ3n) is 5.30. The predicted octanol–water partition coefficient (Wildman–Crippen LogP) is 2.22. The summed E-state index contributed by atoms with van der Waals surface area (Å²) in [6.45, 7) is 4.40. The van der Waals surface area contributed by atoms with Crippen LogP contribution in [0.25, 0.3) is 11.3 Å². The van der Waals surface area contributed by atoms with Crippen molar-refractivity contribution < 1.29 is 15.7 Å². The number of hydrogen-bond donors (Lipinski definition) is 0. The quantitative estimate of drug-likeness (QED) is 0.508. The second-order valence-electron chi connectivity index (χ2n) is 7.53. The molecule has 1 aliphatic heterocycles. The monoisotopic (exact) mass is 467 g/mol. The summed E-state index contributed by atoms with van der Waals surface area (Å²) >= 11 is 1.83. The highest BCUT2D eigenvalue weighted by Gasteiger charge is 2.15. The molecule has 2 aromatic carbocycles. The van der Waals surface area contributed by atoms with Gasteiger partial charge in [-0.3, -0.25) is 0 Å². The van der Waals surface area contributed by atoms with Crippen LogP contribution in [-0.2, 0) is 6.42 Å². The Bertz CT molecular complexity index is 1080. The van der Waals surface area contributed by atoms with Crippen LogP contribution in [0, 0.1) is 11.3 Å². The van der Waals surface area contributed by atoms with Gasteiger partial charge in [0.05, 0.1) is 18.4 Å². The molecule has 174 valence electrons. The van der Waals surface area contributed by atoms with Gasteiger partial charge >= 0.3 is 0 Å². The van der Waals surface area contributed by atoms with E-state index in [9.17, 15) is 5.26 Å². The van der Waals surface area contributed by atoms with Crippen molar-refractivity contribution in [2.45, 2.75) is 11.3 Å². The lowest BCUT2D eigenvalue weighted by Gasteiger charge is -2.31. The Morgan fingerprint density at radius 1 is 1.03 bits per heavy atom. The smallest absolute Gasteiger partial charge is 0.136 e. The number of ether oxygens (including phenoxy) is 1. The maximum atomic E-state index is 9.34. The average Bonchev–Trinajstić information content (AvgIpc) is 2.81. The number of piperazine rings is 1. The second kappa shape index (κ2) is 12.3. The molecule has 1 aliphatic rings. The van der Waals surface area contributed by atoms with Crippen LogP contribution in [-0.4, -0.2) is 70.5 Å². The Kier molecular flexibility index (Phi) is 9.78. The van der Waals surface area contributed by atoms with E-state index in [2.05, 4.69) is 51.6 Å². The lowest BCUT2D eigenvalue weighted by atomic mass is 10.1. The summed E-state index contributed by atoms with van der Waals surface area (Å²) in [5.74, 6) is 1.32. The van der Waals surface area contributed by atoms with Gasteiger partial charge in [0, 0.05) is 49.3 Å². The molecule has 0 amide bonds. The Hall–Kier alpha value is -3.00. The van der Waals surface area contributed by atoms with E-state index in [0.717, 1.165) is 43.3 Å². The SMILES string of the molecule is COc1ccc(-c2ccnc(Cc3ccc(SN4CCN(C)CC4)cc3)n2)cc1C#N.O.O. The minimum absolute atomic E-state index is 0. The second-order valence-corrected chi connectivity index (χ2v) is 8.70. The lowest BCUT2D eigenvalue weighted by Crippen LogP contribution is -2.40. The van der Waals surface area contributed by atoms with Crippen molar-refractivity contribution in [2.75, 3.05) is 40.3 Å². The van der Waals surface area contributed by atoms with Gasteiger partial charge in [0.2, 0.25) is 0 Å². The summed E-state index contributed by atoms with van der Waals surface area (Å²) < 4.78 is 7.65. The first kappa shape index (κ1) is 26.3. The summed E-state index contributed by atoms with van der Waals surface area (Å²) in [5.41, 5.74) is 3.34. The van der Waals surface area contributed by atoms with E-state index in [0.29, 0.717) is 17.7 Å². The minimum Gasteiger partial charge on any atom is -0.495 e. The van der Waals surface area contributed by atoms with Crippen LogP contribution < -0.4 is 4.74 Å². The highest BCUT2D eigenvalue weighted by Crippen LogP contribution is 2.26. The minimum atomic E-state index is 0. The topological polar surface area (TPSA) is 128 Å². The zero-order chi connectivity index (χ0) is 21.6. The maximum Gasteiger partial charge on any atom is 0.136 e. The van der Waals surface area contributed by atoms with Crippen molar-refractivity contribution >= 4 is 11.9 Å². The third kappa shape index (κ3) is 6.74. The first-order chi connectivity index (χ1) is 15.1. The zero-order valence-electron chi connectivity index (χ0n) is 18.8. The number of rotatable bonds is 6. The normalized spacial score (nSPS) is 14.0. The van der Waals surface area contributed by atoms with Gasteiger partial charge in [-0.15, -0.1) is 0 Å². The van der Waals surface area contributed by atoms with E-state index in [1.165, 1.54) is 10.5 Å². The van der Waals surface area contributed by atoms with Gasteiger partial charge in [0.25, 0.3) is 0 Å². The molecule has 0 saturated carbocycles. The van der Waals surface area contributed by atoms with Crippen molar-refractivity contribution in [3.05, 3.63) is 71.7 Å². The Balaban J connectivity index is 0.00000193. The molecule has 33 heavy (non-hydrogen) atoms. The molecule has 4 N–H and O–H groups in total. The van der Waals surface area contributed by atoms with E-state index in [4.69, 9.17) is 9.72 Å². The Morgan fingerprint density at radius 2 is 1.76 bits per heavy atom. The molecule has 1 fully saturated rings. The molecule has 2 heterocycles. The van der Waals surface area contributed by atoms with Crippen LogP contribution >= 0.6 is 11.9 Å². The van der Waals surface area contributed by atoms with Crippen molar-refractivity contribution in [3.63, 3.8) is 0 Å². The van der Waals surface area contributed by atoms with Gasteiger partial charge in [-0.25, -0.2) is 14.3 Å². The summed E-state index contributed by atoms with van der Waals surface area (Å²) in [6, 6.07) is 18.2. The van der Waals surface area contributed by atoms with Crippen molar-refractivity contribution in [1.82, 2.24) is 19.2 Å². The zero-order valence-corrected chi connectivity index (χ0v) is 19.6. The molecule has 0 spiro atoms. The molecular formula is C24H29N5O3S. The fourth-order valence-electron chi connectivity index (χ4n) is 3.48. The van der Waals surface area contributed by atoms with Crippen LogP contribution in [0.1, 0.15) is 17.0 Å². The fraction of sp³-hybridized carbons (Fsp3) is 0.292. The first-order valence-electron chi connectivity index (χ1n) is 10.3. The number of aromatic nitrogens is 2. The standard InChI is InChI=1S/C24H25N5OS.2H2O/c1-28-11-13-29(14-12-28)31-21-6-3-18(4-7-21)15-24-26-10-9-22(27-24)19-5-8-23(30-2)20(16-19)17-25;;/h3-10,16H,11-15H2,1-2H3;2*1H2. The van der Waals surface area contributed by atoms with Gasteiger partial charge < -0.3 is 20.6 Å². The van der Waals surface area contributed by atoms with Gasteiger partial charge in [-0.2, -0.15) is 5.26 Å². The van der Waals surface area contributed by atoms with E-state index in [1.54, 1.807) is 25.4 Å². The molecule has 0 bridgehead atoms. The molecule has 0 radical (unpaired) electrons. The highest BCUT2D eigenvalue weighted by atomic mass is 32.2. The van der Waals surface area contributed by atoms with Gasteiger partial charge in [0.1, 0.15) is 17.6 Å². The van der Waals surface area contributed by atoms with Gasteiger partial charge in [-0.05, 0) is 61.0 Å². The van der Waals surface area contributed by atoms with Crippen molar-refractivity contribution in [2.24, 2.45) is 0 Å². The molecule has 9 heteroatoms. The Morgan fingerprint density at radius 3 is 2.42 bits per heavy atom. The van der Waals surface area contributed by atoms with Crippen LogP contribution in [0.3, 0.4) is 0 Å². The number of nitriles is 1. The van der Waals surface area contributed by atoms with E-state index in [1.807, 2.05) is 24.1 Å². The van der Waals surface area contributed by atoms with Crippen molar-refractivity contribution in [1.29, 1.82) is 5.26 Å². The summed E-state index contributed by atoms with van der Waals surface area (Å²) in [6.07, 6.45) is 2.43. The maximum absolute atomic E-state index is 9.34. The molecule has 4 rings (SSSR count). The molecule has 1 aromatic heterocycles. The van der Waals surface area contributed by atoms with Crippen LogP contribution in [0.4, 0.5) is 0 Å². The fourth-order valence-corrected chi connectivity index (χ4v) is 4.38. The number of likely N-dealkylation sites (N-methyl/N-ethyl adjacent to an activating group) is 1. The highest BCUT2D eigenvalue weighted by molar-refractivity contribution is 7.97. The van der Waals surface area contributed by atoms with Crippen LogP contribution in [0.5, 0.6) is 5.75 Å². The molecule has 1 saturated heterocycles. The molecule has 3 aromatic rings. The number of benzene rings is 2. The van der Waals surface area contributed by atoms with E-state index >= 15 is 0 Å². The van der Waals surface area contributed by atoms with Crippen molar-refractivity contribution in [3.8, 4) is 23.1 Å². The number of hydrogen-bond acceptors (Lipinski definition) is 7. The van der Waals surface area contributed by atoms with E-state index < -0.39 is 0 Å². The van der Waals surface area contributed by atoms with Gasteiger partial charge in [0.15, 0.2) is 0 Å². The molecular weight excluding hydrogens is 438 g/mol. The number of nitrogens with zero attached hydrogens (tertiary/aromatic N) is 5. The molecule has 0 unspecified atom stereocenters. The van der Waals surface area contributed by atoms with Crippen LogP contribution in [0.15, 0.2) is 59.6 Å². The largest absolute Gasteiger partial charge is 0.495 e. The molecule has 0 atom stereocenters. The molecule has 8 nitrogen and oxygen atoms in total. The lowest BCUT2D eigenvalue weighted by molar-refractivity contribution is 0.233. The summed E-state index contributed by atoms with van der Waals surface area (Å²) in [5, 5.41) is 9.34. The number of methoxy groups -OCH3 is 1. The third-order valence-corrected chi connectivity index (χ3v) is 6.41. The predicted molar refractivity (Wildman–Crippen MR) is 130 cm³/mol. The first-order valence-corrected chi connectivity index (χ1v) is 11.0. The average molecular weight is 468 g/mol. The van der Waals surface area contributed by atoms with Crippen LogP contribution in [0.2, 0.25) is 0 Å². The summed E-state index contributed by atoms with van der Waals surface area (Å²) in [4.78, 5) is 12.8. The van der Waals surface area contributed by atoms with Gasteiger partial charge in [-0.1, -0.05) is 12.1 Å². The molecule has 0 aliphatic carbocycles. The Labute approximate surface area is 198 Å².